The van der Waals surface area contributed by atoms with Gasteiger partial charge in [0, 0.05) is 17.8 Å². The smallest absolute Gasteiger partial charge is 0.255 e. The number of rotatable bonds is 8. The summed E-state index contributed by atoms with van der Waals surface area (Å²) in [6.07, 6.45) is 1.43. The quantitative estimate of drug-likeness (QED) is 0.472. The molecule has 0 saturated heterocycles. The summed E-state index contributed by atoms with van der Waals surface area (Å²) in [5.74, 6) is 2.11. The van der Waals surface area contributed by atoms with Gasteiger partial charge < -0.3 is 29.6 Å². The van der Waals surface area contributed by atoms with Crippen molar-refractivity contribution in [2.75, 3.05) is 38.6 Å². The van der Waals surface area contributed by atoms with Crippen LogP contribution in [-0.2, 0) is 4.79 Å². The van der Waals surface area contributed by atoms with Gasteiger partial charge in [0.05, 0.1) is 44.2 Å². The molecule has 0 radical (unpaired) electrons. The third-order valence-electron chi connectivity index (χ3n) is 5.56. The minimum atomic E-state index is -0.585. The number of anilines is 2. The molecule has 1 aromatic heterocycles. The first kappa shape index (κ1) is 24.2. The number of hydrogen-bond donors (Lipinski definition) is 2. The molecule has 11 heteroatoms. The Morgan fingerprint density at radius 2 is 1.83 bits per heavy atom. The van der Waals surface area contributed by atoms with Crippen molar-refractivity contribution in [2.24, 2.45) is 0 Å². The van der Waals surface area contributed by atoms with Crippen LogP contribution in [-0.4, -0.2) is 48.6 Å². The van der Waals surface area contributed by atoms with Gasteiger partial charge in [-0.3, -0.25) is 4.79 Å². The van der Waals surface area contributed by atoms with E-state index >= 15 is 0 Å². The molecule has 10 nitrogen and oxygen atoms in total. The van der Waals surface area contributed by atoms with Gasteiger partial charge in [-0.25, -0.2) is 4.68 Å². The summed E-state index contributed by atoms with van der Waals surface area (Å²) in [5.41, 5.74) is 2.24. The van der Waals surface area contributed by atoms with E-state index in [9.17, 15) is 4.79 Å². The number of hydrogen-bond acceptors (Lipinski definition) is 8. The number of ether oxygens (including phenoxy) is 4. The molecule has 0 unspecified atom stereocenters. The van der Waals surface area contributed by atoms with E-state index in [1.165, 1.54) is 20.5 Å². The summed E-state index contributed by atoms with van der Waals surface area (Å²) >= 11 is 6.22. The lowest BCUT2D eigenvalue weighted by Gasteiger charge is -2.29. The summed E-state index contributed by atoms with van der Waals surface area (Å²) in [6.45, 7) is 4.21. The molecular formula is C24H26ClN5O5. The van der Waals surface area contributed by atoms with Gasteiger partial charge in [0.1, 0.15) is 23.9 Å². The average Bonchev–Trinajstić information content (AvgIpc) is 3.32. The van der Waals surface area contributed by atoms with E-state index < -0.39 is 6.04 Å². The van der Waals surface area contributed by atoms with E-state index in [1.54, 1.807) is 23.9 Å². The third-order valence-corrected chi connectivity index (χ3v) is 5.86. The number of amides is 1. The van der Waals surface area contributed by atoms with Crippen LogP contribution in [0.2, 0.25) is 5.02 Å². The predicted molar refractivity (Wildman–Crippen MR) is 132 cm³/mol. The van der Waals surface area contributed by atoms with E-state index in [2.05, 4.69) is 20.7 Å². The van der Waals surface area contributed by atoms with Crippen molar-refractivity contribution in [1.29, 1.82) is 0 Å². The summed E-state index contributed by atoms with van der Waals surface area (Å²) in [5, 5.41) is 10.8. The Labute approximate surface area is 207 Å². The molecule has 3 aromatic rings. The summed E-state index contributed by atoms with van der Waals surface area (Å²) in [6, 6.07) is 8.13. The molecule has 1 aliphatic heterocycles. The molecule has 0 fully saturated rings. The number of allylic oxidation sites excluding steroid dienone is 1. The van der Waals surface area contributed by atoms with Gasteiger partial charge in [-0.2, -0.15) is 10.1 Å². The zero-order valence-electron chi connectivity index (χ0n) is 20.0. The number of nitrogens with zero attached hydrogens (tertiary/aromatic N) is 3. The van der Waals surface area contributed by atoms with Crippen molar-refractivity contribution in [2.45, 2.75) is 19.9 Å². The molecule has 0 spiro atoms. The van der Waals surface area contributed by atoms with Gasteiger partial charge in [-0.05, 0) is 31.5 Å². The first-order valence-corrected chi connectivity index (χ1v) is 11.2. The molecule has 1 atom stereocenters. The highest BCUT2D eigenvalue weighted by Gasteiger charge is 2.34. The Balaban J connectivity index is 1.78. The number of halogens is 1. The Kier molecular flexibility index (Phi) is 7.02. The molecule has 2 heterocycles. The predicted octanol–water partition coefficient (Wildman–Crippen LogP) is 4.28. The second-order valence-corrected chi connectivity index (χ2v) is 7.99. The summed E-state index contributed by atoms with van der Waals surface area (Å²) < 4.78 is 23.6. The van der Waals surface area contributed by atoms with Crippen molar-refractivity contribution >= 4 is 29.1 Å². The minimum absolute atomic E-state index is 0.364. The fourth-order valence-electron chi connectivity index (χ4n) is 3.97. The molecule has 0 aliphatic carbocycles. The number of nitrogens with one attached hydrogen (secondary N) is 2. The van der Waals surface area contributed by atoms with Crippen molar-refractivity contribution in [3.8, 4) is 23.0 Å². The van der Waals surface area contributed by atoms with Crippen LogP contribution in [0.15, 0.2) is 47.9 Å². The fraction of sp³-hybridized carbons (Fsp3) is 0.292. The van der Waals surface area contributed by atoms with Gasteiger partial charge >= 0.3 is 0 Å². The number of carbonyl (C=O) groups excluding carboxylic acids is 1. The molecule has 2 aromatic carbocycles. The van der Waals surface area contributed by atoms with Gasteiger partial charge in [0.15, 0.2) is 11.5 Å². The zero-order valence-corrected chi connectivity index (χ0v) is 20.8. The van der Waals surface area contributed by atoms with E-state index in [4.69, 9.17) is 30.5 Å². The zero-order chi connectivity index (χ0) is 25.1. The van der Waals surface area contributed by atoms with Crippen LogP contribution in [0.1, 0.15) is 25.5 Å². The van der Waals surface area contributed by atoms with Crippen LogP contribution in [0.4, 0.5) is 11.6 Å². The first-order chi connectivity index (χ1) is 16.9. The molecule has 4 rings (SSSR count). The Morgan fingerprint density at radius 3 is 2.51 bits per heavy atom. The maximum absolute atomic E-state index is 13.7. The molecule has 0 bridgehead atoms. The van der Waals surface area contributed by atoms with Crippen molar-refractivity contribution in [3.05, 3.63) is 58.5 Å². The van der Waals surface area contributed by atoms with E-state index in [0.717, 1.165) is 5.56 Å². The highest BCUT2D eigenvalue weighted by molar-refractivity contribution is 6.32. The monoisotopic (exact) mass is 499 g/mol. The van der Waals surface area contributed by atoms with Crippen LogP contribution in [0.3, 0.4) is 0 Å². The molecular weight excluding hydrogens is 474 g/mol. The lowest BCUT2D eigenvalue weighted by molar-refractivity contribution is -0.113. The number of fused-ring (bicyclic) bond motifs is 1. The van der Waals surface area contributed by atoms with Crippen LogP contribution < -0.4 is 29.6 Å². The highest BCUT2D eigenvalue weighted by Crippen LogP contribution is 2.40. The molecule has 35 heavy (non-hydrogen) atoms. The van der Waals surface area contributed by atoms with Crippen LogP contribution in [0.5, 0.6) is 23.0 Å². The number of aromatic nitrogens is 3. The van der Waals surface area contributed by atoms with Gasteiger partial charge in [0.25, 0.3) is 5.91 Å². The van der Waals surface area contributed by atoms with Crippen molar-refractivity contribution in [1.82, 2.24) is 14.8 Å². The van der Waals surface area contributed by atoms with Crippen LogP contribution >= 0.6 is 11.6 Å². The maximum Gasteiger partial charge on any atom is 0.255 e. The van der Waals surface area contributed by atoms with Crippen molar-refractivity contribution in [3.63, 3.8) is 0 Å². The average molecular weight is 500 g/mol. The van der Waals surface area contributed by atoms with Crippen molar-refractivity contribution < 1.29 is 23.7 Å². The van der Waals surface area contributed by atoms with E-state index in [-0.39, 0.29) is 5.91 Å². The van der Waals surface area contributed by atoms with E-state index in [0.29, 0.717) is 57.5 Å². The topological polar surface area (TPSA) is 109 Å². The Morgan fingerprint density at radius 1 is 1.09 bits per heavy atom. The number of carbonyl (C=O) groups is 1. The summed E-state index contributed by atoms with van der Waals surface area (Å²) in [7, 11) is 4.57. The number of benzene rings is 2. The first-order valence-electron chi connectivity index (χ1n) is 10.8. The third kappa shape index (κ3) is 4.57. The Hall–Kier alpha value is -3.92. The molecule has 184 valence electrons. The standard InChI is InChI=1S/C24H26ClN5O5/c1-6-35-17-8-7-14(9-20(17)34-5)22-21(13(2)28-24-26-12-27-30(22)24)23(31)29-16-11-18(32-3)15(25)10-19(16)33-4/h7-12,22H,6H2,1-5H3,(H,29,31)(H,26,27,28)/t22-/m1/s1. The van der Waals surface area contributed by atoms with Gasteiger partial charge in [-0.1, -0.05) is 17.7 Å². The molecule has 2 N–H and O–H groups in total. The largest absolute Gasteiger partial charge is 0.495 e. The second kappa shape index (κ2) is 10.1. The lowest BCUT2D eigenvalue weighted by atomic mass is 9.94. The van der Waals surface area contributed by atoms with E-state index in [1.807, 2.05) is 32.0 Å². The highest BCUT2D eigenvalue weighted by atomic mass is 35.5. The van der Waals surface area contributed by atoms with Gasteiger partial charge in [-0.15, -0.1) is 0 Å². The molecule has 0 saturated carbocycles. The van der Waals surface area contributed by atoms with Crippen LogP contribution in [0.25, 0.3) is 0 Å². The van der Waals surface area contributed by atoms with Gasteiger partial charge in [0.2, 0.25) is 5.95 Å². The normalized spacial score (nSPS) is 14.6. The second-order valence-electron chi connectivity index (χ2n) is 7.58. The Bertz CT molecular complexity index is 1290. The SMILES string of the molecule is CCOc1ccc([C@@H]2C(C(=O)Nc3cc(OC)c(Cl)cc3OC)=C(C)Nc3ncnn32)cc1OC. The number of methoxy groups -OCH3 is 3. The lowest BCUT2D eigenvalue weighted by Crippen LogP contribution is -2.31. The van der Waals surface area contributed by atoms with Crippen LogP contribution in [0, 0.1) is 0 Å². The fourth-order valence-corrected chi connectivity index (χ4v) is 4.20. The molecule has 1 aliphatic rings. The minimum Gasteiger partial charge on any atom is -0.495 e. The maximum atomic E-state index is 13.7. The molecule has 1 amide bonds. The summed E-state index contributed by atoms with van der Waals surface area (Å²) in [4.78, 5) is 18.0.